The molecular weight excluding hydrogens is 463 g/mol. The monoisotopic (exact) mass is 494 g/mol. The SMILES string of the molecule is CC1(C)CCc2cc(NC(=O)C3c4ccc5c(c4CCN3C(=O)CCCC(=O)O)OCC5)cc(F)c21. The molecule has 2 N–H and O–H groups in total. The van der Waals surface area contributed by atoms with Gasteiger partial charge in [-0.25, -0.2) is 4.39 Å². The lowest BCUT2D eigenvalue weighted by molar-refractivity contribution is -0.140. The van der Waals surface area contributed by atoms with Crippen molar-refractivity contribution in [1.82, 2.24) is 4.90 Å². The van der Waals surface area contributed by atoms with E-state index in [2.05, 4.69) is 5.32 Å². The van der Waals surface area contributed by atoms with E-state index in [1.165, 1.54) is 11.0 Å². The zero-order chi connectivity index (χ0) is 25.6. The van der Waals surface area contributed by atoms with E-state index in [1.54, 1.807) is 0 Å². The molecule has 0 bridgehead atoms. The van der Waals surface area contributed by atoms with Crippen molar-refractivity contribution in [2.75, 3.05) is 18.5 Å². The summed E-state index contributed by atoms with van der Waals surface area (Å²) in [5, 5.41) is 11.8. The number of carboxylic acid groups (broad SMARTS) is 1. The number of carbonyl (C=O) groups excluding carboxylic acids is 2. The molecule has 1 atom stereocenters. The lowest BCUT2D eigenvalue weighted by Gasteiger charge is -2.37. The molecule has 0 radical (unpaired) electrons. The molecule has 7 nitrogen and oxygen atoms in total. The number of aliphatic carboxylic acids is 1. The third-order valence-corrected chi connectivity index (χ3v) is 7.69. The summed E-state index contributed by atoms with van der Waals surface area (Å²) in [7, 11) is 0. The quantitative estimate of drug-likeness (QED) is 0.624. The van der Waals surface area contributed by atoms with Gasteiger partial charge in [0.15, 0.2) is 0 Å². The van der Waals surface area contributed by atoms with Crippen molar-refractivity contribution in [3.05, 3.63) is 57.9 Å². The van der Waals surface area contributed by atoms with Crippen LogP contribution < -0.4 is 10.1 Å². The number of carboxylic acids is 1. The van der Waals surface area contributed by atoms with E-state index >= 15 is 4.39 Å². The molecular formula is C28H31FN2O5. The van der Waals surface area contributed by atoms with Crippen LogP contribution in [0, 0.1) is 5.82 Å². The molecule has 3 aliphatic rings. The number of rotatable bonds is 6. The molecule has 0 saturated heterocycles. The number of halogens is 1. The van der Waals surface area contributed by atoms with Crippen LogP contribution >= 0.6 is 0 Å². The Hall–Kier alpha value is -3.42. The molecule has 0 saturated carbocycles. The zero-order valence-electron chi connectivity index (χ0n) is 20.7. The third kappa shape index (κ3) is 4.33. The molecule has 8 heteroatoms. The van der Waals surface area contributed by atoms with Gasteiger partial charge < -0.3 is 20.1 Å². The molecule has 2 heterocycles. The highest BCUT2D eigenvalue weighted by atomic mass is 19.1. The van der Waals surface area contributed by atoms with Crippen LogP contribution in [0.3, 0.4) is 0 Å². The van der Waals surface area contributed by atoms with Gasteiger partial charge in [0, 0.05) is 37.1 Å². The summed E-state index contributed by atoms with van der Waals surface area (Å²) in [5.41, 5.74) is 4.45. The fourth-order valence-corrected chi connectivity index (χ4v) is 5.93. The number of nitrogens with zero attached hydrogens (tertiary/aromatic N) is 1. The van der Waals surface area contributed by atoms with Gasteiger partial charge in [-0.2, -0.15) is 0 Å². The van der Waals surface area contributed by atoms with Crippen LogP contribution in [0.15, 0.2) is 24.3 Å². The molecule has 1 aliphatic carbocycles. The van der Waals surface area contributed by atoms with E-state index in [1.807, 2.05) is 32.0 Å². The van der Waals surface area contributed by atoms with Crippen LogP contribution in [0.25, 0.3) is 0 Å². The van der Waals surface area contributed by atoms with Crippen LogP contribution in [0.2, 0.25) is 0 Å². The van der Waals surface area contributed by atoms with Gasteiger partial charge in [-0.15, -0.1) is 0 Å². The number of carbonyl (C=O) groups is 3. The average Bonchev–Trinajstić information content (AvgIpc) is 3.42. The van der Waals surface area contributed by atoms with E-state index in [-0.39, 0.29) is 36.4 Å². The number of hydrogen-bond donors (Lipinski definition) is 2. The standard InChI is InChI=1S/C28H31FN2O5/c1-28(2)11-8-17-14-18(15-21(29)24(17)28)30-27(35)25-19-7-6-16-10-13-36-26(16)20(19)9-12-31(25)22(32)4-3-5-23(33)34/h6-7,14-15,25H,3-5,8-13H2,1-2H3,(H,30,35)(H,33,34). The lowest BCUT2D eigenvalue weighted by atomic mass is 9.86. The van der Waals surface area contributed by atoms with Gasteiger partial charge in [-0.1, -0.05) is 26.0 Å². The normalized spacial score (nSPS) is 19.2. The minimum atomic E-state index is -0.962. The molecule has 0 aromatic heterocycles. The van der Waals surface area contributed by atoms with Crippen LogP contribution in [-0.4, -0.2) is 40.9 Å². The number of amides is 2. The molecule has 0 spiro atoms. The smallest absolute Gasteiger partial charge is 0.303 e. The Morgan fingerprint density at radius 3 is 2.72 bits per heavy atom. The number of hydrogen-bond acceptors (Lipinski definition) is 4. The third-order valence-electron chi connectivity index (χ3n) is 7.69. The van der Waals surface area contributed by atoms with E-state index < -0.39 is 17.9 Å². The molecule has 0 fully saturated rings. The second-order valence-corrected chi connectivity index (χ2v) is 10.6. The summed E-state index contributed by atoms with van der Waals surface area (Å²) in [6, 6.07) is 6.11. The predicted octanol–water partition coefficient (Wildman–Crippen LogP) is 4.30. The molecule has 1 unspecified atom stereocenters. The molecule has 190 valence electrons. The Bertz CT molecular complexity index is 1250. The Labute approximate surface area is 209 Å². The number of fused-ring (bicyclic) bond motifs is 4. The fourth-order valence-electron chi connectivity index (χ4n) is 5.93. The first-order chi connectivity index (χ1) is 17.2. The first kappa shape index (κ1) is 24.3. The van der Waals surface area contributed by atoms with Crippen LogP contribution in [-0.2, 0) is 39.1 Å². The molecule has 5 rings (SSSR count). The summed E-state index contributed by atoms with van der Waals surface area (Å²) in [6.07, 6.45) is 3.07. The minimum absolute atomic E-state index is 0.0371. The van der Waals surface area contributed by atoms with Crippen molar-refractivity contribution in [3.63, 3.8) is 0 Å². The van der Waals surface area contributed by atoms with E-state index in [0.29, 0.717) is 36.4 Å². The maximum atomic E-state index is 15.1. The largest absolute Gasteiger partial charge is 0.493 e. The minimum Gasteiger partial charge on any atom is -0.493 e. The van der Waals surface area contributed by atoms with Crippen molar-refractivity contribution in [3.8, 4) is 5.75 Å². The molecule has 2 aromatic rings. The molecule has 36 heavy (non-hydrogen) atoms. The zero-order valence-corrected chi connectivity index (χ0v) is 20.7. The van der Waals surface area contributed by atoms with Gasteiger partial charge in [0.05, 0.1) is 6.61 Å². The van der Waals surface area contributed by atoms with Crippen molar-refractivity contribution in [1.29, 1.82) is 0 Å². The number of ether oxygens (including phenoxy) is 1. The van der Waals surface area contributed by atoms with Crippen LogP contribution in [0.4, 0.5) is 10.1 Å². The van der Waals surface area contributed by atoms with Crippen molar-refractivity contribution in [2.45, 2.75) is 70.3 Å². The van der Waals surface area contributed by atoms with Gasteiger partial charge in [0.2, 0.25) is 5.91 Å². The van der Waals surface area contributed by atoms with Crippen LogP contribution in [0.5, 0.6) is 5.75 Å². The highest BCUT2D eigenvalue weighted by Gasteiger charge is 2.39. The van der Waals surface area contributed by atoms with Crippen molar-refractivity contribution in [2.24, 2.45) is 0 Å². The molecule has 2 amide bonds. The number of nitrogens with one attached hydrogen (secondary N) is 1. The van der Waals surface area contributed by atoms with Gasteiger partial charge in [0.1, 0.15) is 17.6 Å². The average molecular weight is 495 g/mol. The highest BCUT2D eigenvalue weighted by Crippen LogP contribution is 2.43. The number of anilines is 1. The van der Waals surface area contributed by atoms with Crippen LogP contribution in [0.1, 0.15) is 73.4 Å². The summed E-state index contributed by atoms with van der Waals surface area (Å²) in [5.74, 6) is -1.19. The molecule has 2 aliphatic heterocycles. The summed E-state index contributed by atoms with van der Waals surface area (Å²) in [6.45, 7) is 4.95. The van der Waals surface area contributed by atoms with Gasteiger partial charge in [-0.05, 0) is 65.5 Å². The first-order valence-electron chi connectivity index (χ1n) is 12.6. The lowest BCUT2D eigenvalue weighted by Crippen LogP contribution is -2.45. The van der Waals surface area contributed by atoms with E-state index in [9.17, 15) is 14.4 Å². The highest BCUT2D eigenvalue weighted by molar-refractivity contribution is 5.98. The second kappa shape index (κ2) is 9.22. The first-order valence-corrected chi connectivity index (χ1v) is 12.6. The summed E-state index contributed by atoms with van der Waals surface area (Å²) in [4.78, 5) is 39.3. The summed E-state index contributed by atoms with van der Waals surface area (Å²) < 4.78 is 20.9. The Kier molecular flexibility index (Phi) is 6.22. The van der Waals surface area contributed by atoms with Gasteiger partial charge >= 0.3 is 5.97 Å². The Balaban J connectivity index is 1.46. The van der Waals surface area contributed by atoms with Gasteiger partial charge in [0.25, 0.3) is 5.91 Å². The number of benzene rings is 2. The van der Waals surface area contributed by atoms with E-state index in [4.69, 9.17) is 9.84 Å². The van der Waals surface area contributed by atoms with E-state index in [0.717, 1.165) is 41.7 Å². The van der Waals surface area contributed by atoms with Gasteiger partial charge in [-0.3, -0.25) is 14.4 Å². The fraction of sp³-hybridized carbons (Fsp3) is 0.464. The predicted molar refractivity (Wildman–Crippen MR) is 132 cm³/mol. The Morgan fingerprint density at radius 2 is 1.94 bits per heavy atom. The number of aryl methyl sites for hydroxylation is 1. The van der Waals surface area contributed by atoms with Crippen molar-refractivity contribution < 1.29 is 28.6 Å². The Morgan fingerprint density at radius 1 is 1.14 bits per heavy atom. The maximum absolute atomic E-state index is 15.1. The maximum Gasteiger partial charge on any atom is 0.303 e. The molecule has 2 aromatic carbocycles. The summed E-state index contributed by atoms with van der Waals surface area (Å²) >= 11 is 0. The topological polar surface area (TPSA) is 95.9 Å². The second-order valence-electron chi connectivity index (χ2n) is 10.6. The van der Waals surface area contributed by atoms with Crippen molar-refractivity contribution >= 4 is 23.5 Å².